The maximum absolute atomic E-state index is 13.6. The Labute approximate surface area is 114 Å². The van der Waals surface area contributed by atoms with Crippen LogP contribution in [0.2, 0.25) is 0 Å². The van der Waals surface area contributed by atoms with Crippen LogP contribution in [-0.4, -0.2) is 15.5 Å². The summed E-state index contributed by atoms with van der Waals surface area (Å²) in [6, 6.07) is 3.09. The fourth-order valence-electron chi connectivity index (χ4n) is 1.17. The van der Waals surface area contributed by atoms with Crippen molar-refractivity contribution < 1.29 is 17.7 Å². The van der Waals surface area contributed by atoms with Gasteiger partial charge in [0, 0.05) is 18.1 Å². The number of rotatable bonds is 3. The Morgan fingerprint density at radius 3 is 2.21 bits per heavy atom. The topological polar surface area (TPSA) is 35.4 Å². The lowest BCUT2D eigenvalue weighted by Gasteiger charge is -2.17. The minimum absolute atomic E-state index is 0.0330. The SMILES string of the molecule is CC(F)(F)c1ccc(C=N[S+]([O-])C(C)(C)C)c(F)c1. The number of benzene rings is 1. The molecular weight excluding hydrogens is 275 g/mol. The number of halogens is 3. The number of nitrogens with zero attached hydrogens (tertiary/aromatic N) is 1. The first-order valence-electron chi connectivity index (χ1n) is 5.66. The molecule has 0 spiro atoms. The van der Waals surface area contributed by atoms with Crippen LogP contribution in [0.4, 0.5) is 13.2 Å². The Hall–Kier alpha value is -1.01. The van der Waals surface area contributed by atoms with E-state index < -0.39 is 33.4 Å². The first kappa shape index (κ1) is 16.0. The van der Waals surface area contributed by atoms with E-state index >= 15 is 0 Å². The smallest absolute Gasteiger partial charge is 0.270 e. The van der Waals surface area contributed by atoms with Crippen LogP contribution in [0.1, 0.15) is 38.8 Å². The standard InChI is InChI=1S/C13H16F3NOS/c1-12(2,3)19(18)17-8-9-5-6-10(7-11(9)14)13(4,15)16/h5-8H,1-4H3. The highest BCUT2D eigenvalue weighted by Crippen LogP contribution is 2.28. The third-order valence-corrected chi connectivity index (χ3v) is 3.66. The van der Waals surface area contributed by atoms with Crippen LogP contribution in [0.5, 0.6) is 0 Å². The Morgan fingerprint density at radius 1 is 1.21 bits per heavy atom. The summed E-state index contributed by atoms with van der Waals surface area (Å²) in [7, 11) is 0. The van der Waals surface area contributed by atoms with Crippen LogP contribution in [0.15, 0.2) is 22.6 Å². The van der Waals surface area contributed by atoms with Crippen LogP contribution >= 0.6 is 0 Å². The second kappa shape index (κ2) is 5.54. The van der Waals surface area contributed by atoms with Crippen molar-refractivity contribution in [3.05, 3.63) is 35.1 Å². The van der Waals surface area contributed by atoms with Gasteiger partial charge in [0.2, 0.25) is 0 Å². The van der Waals surface area contributed by atoms with Crippen molar-refractivity contribution >= 4 is 17.6 Å². The maximum Gasteiger partial charge on any atom is 0.270 e. The van der Waals surface area contributed by atoms with E-state index in [1.165, 1.54) is 6.07 Å². The highest BCUT2D eigenvalue weighted by Gasteiger charge is 2.27. The molecule has 19 heavy (non-hydrogen) atoms. The van der Waals surface area contributed by atoms with E-state index in [9.17, 15) is 17.7 Å². The second-order valence-electron chi connectivity index (χ2n) is 5.22. The zero-order valence-corrected chi connectivity index (χ0v) is 12.0. The molecular formula is C13H16F3NOS. The summed E-state index contributed by atoms with van der Waals surface area (Å²) in [5.74, 6) is -3.90. The van der Waals surface area contributed by atoms with Crippen molar-refractivity contribution in [3.63, 3.8) is 0 Å². The molecule has 1 aromatic rings. The van der Waals surface area contributed by atoms with Crippen LogP contribution in [0.3, 0.4) is 0 Å². The fourth-order valence-corrected chi connectivity index (χ4v) is 1.69. The molecule has 0 heterocycles. The molecule has 0 fully saturated rings. The van der Waals surface area contributed by atoms with Gasteiger partial charge in [0.1, 0.15) is 21.9 Å². The zero-order chi connectivity index (χ0) is 14.8. The van der Waals surface area contributed by atoms with Crippen LogP contribution < -0.4 is 0 Å². The average molecular weight is 291 g/mol. The van der Waals surface area contributed by atoms with E-state index in [1.54, 1.807) is 20.8 Å². The monoisotopic (exact) mass is 291 g/mol. The molecule has 0 saturated carbocycles. The molecule has 1 aromatic carbocycles. The van der Waals surface area contributed by atoms with Gasteiger partial charge in [-0.25, -0.2) is 13.2 Å². The van der Waals surface area contributed by atoms with Gasteiger partial charge in [-0.3, -0.25) is 0 Å². The Balaban J connectivity index is 2.96. The Morgan fingerprint density at radius 2 is 1.79 bits per heavy atom. The molecule has 106 valence electrons. The van der Waals surface area contributed by atoms with Gasteiger partial charge in [0.15, 0.2) is 0 Å². The van der Waals surface area contributed by atoms with Crippen LogP contribution in [0.25, 0.3) is 0 Å². The third-order valence-electron chi connectivity index (χ3n) is 2.32. The molecule has 0 amide bonds. The van der Waals surface area contributed by atoms with Gasteiger partial charge >= 0.3 is 0 Å². The van der Waals surface area contributed by atoms with Crippen molar-refractivity contribution in [1.82, 2.24) is 0 Å². The maximum atomic E-state index is 13.6. The molecule has 1 atom stereocenters. The van der Waals surface area contributed by atoms with Gasteiger partial charge < -0.3 is 4.55 Å². The Kier molecular flexibility index (Phi) is 4.68. The van der Waals surface area contributed by atoms with Gasteiger partial charge in [-0.05, 0) is 32.9 Å². The predicted molar refractivity (Wildman–Crippen MR) is 71.5 cm³/mol. The van der Waals surface area contributed by atoms with Gasteiger partial charge in [-0.2, -0.15) is 0 Å². The first-order valence-corrected chi connectivity index (χ1v) is 6.76. The lowest BCUT2D eigenvalue weighted by atomic mass is 10.1. The average Bonchev–Trinajstić information content (AvgIpc) is 2.24. The van der Waals surface area contributed by atoms with Crippen molar-refractivity contribution in [3.8, 4) is 0 Å². The predicted octanol–water partition coefficient (Wildman–Crippen LogP) is 3.82. The van der Waals surface area contributed by atoms with E-state index in [-0.39, 0.29) is 5.56 Å². The number of alkyl halides is 2. The molecule has 0 aromatic heterocycles. The highest BCUT2D eigenvalue weighted by atomic mass is 32.2. The van der Waals surface area contributed by atoms with E-state index in [1.807, 2.05) is 0 Å². The molecule has 0 aliphatic heterocycles. The van der Waals surface area contributed by atoms with E-state index in [0.717, 1.165) is 18.3 Å². The summed E-state index contributed by atoms with van der Waals surface area (Å²) >= 11 is -1.51. The van der Waals surface area contributed by atoms with Crippen molar-refractivity contribution in [2.75, 3.05) is 0 Å². The number of hydrogen-bond acceptors (Lipinski definition) is 2. The summed E-state index contributed by atoms with van der Waals surface area (Å²) < 4.78 is 54.4. The summed E-state index contributed by atoms with van der Waals surface area (Å²) in [5.41, 5.74) is -0.371. The minimum atomic E-state index is -3.09. The van der Waals surface area contributed by atoms with E-state index in [0.29, 0.717) is 6.92 Å². The Bertz CT molecular complexity index is 478. The summed E-state index contributed by atoms with van der Waals surface area (Å²) in [6.45, 7) is 5.90. The van der Waals surface area contributed by atoms with Crippen LogP contribution in [0, 0.1) is 5.82 Å². The lowest BCUT2D eigenvalue weighted by Crippen LogP contribution is -2.25. The van der Waals surface area contributed by atoms with Crippen LogP contribution in [-0.2, 0) is 17.3 Å². The number of hydrogen-bond donors (Lipinski definition) is 0. The fraction of sp³-hybridized carbons (Fsp3) is 0.462. The third kappa shape index (κ3) is 4.54. The van der Waals surface area contributed by atoms with E-state index in [4.69, 9.17) is 0 Å². The molecule has 0 bridgehead atoms. The summed E-state index contributed by atoms with van der Waals surface area (Å²) in [5, 5.41) is 0. The molecule has 0 radical (unpaired) electrons. The summed E-state index contributed by atoms with van der Waals surface area (Å²) in [4.78, 5) is 0. The lowest BCUT2D eigenvalue weighted by molar-refractivity contribution is 0.0171. The first-order chi connectivity index (χ1) is 8.51. The molecule has 1 rings (SSSR count). The van der Waals surface area contributed by atoms with Gasteiger partial charge in [-0.1, -0.05) is 10.5 Å². The van der Waals surface area contributed by atoms with Gasteiger partial charge in [0.05, 0.1) is 6.21 Å². The molecule has 0 aliphatic carbocycles. The molecule has 2 nitrogen and oxygen atoms in total. The quantitative estimate of drug-likeness (QED) is 0.616. The largest absolute Gasteiger partial charge is 0.591 e. The highest BCUT2D eigenvalue weighted by molar-refractivity contribution is 7.91. The van der Waals surface area contributed by atoms with Crippen molar-refractivity contribution in [2.24, 2.45) is 4.40 Å². The van der Waals surface area contributed by atoms with E-state index in [2.05, 4.69) is 4.40 Å². The summed E-state index contributed by atoms with van der Waals surface area (Å²) in [6.07, 6.45) is 1.11. The minimum Gasteiger partial charge on any atom is -0.591 e. The van der Waals surface area contributed by atoms with Crippen molar-refractivity contribution in [1.29, 1.82) is 0 Å². The molecule has 6 heteroatoms. The van der Waals surface area contributed by atoms with Gasteiger partial charge in [0.25, 0.3) is 5.92 Å². The molecule has 0 aliphatic rings. The second-order valence-corrected chi connectivity index (χ2v) is 7.15. The normalized spacial score (nSPS) is 14.9. The molecule has 0 saturated heterocycles. The van der Waals surface area contributed by atoms with Gasteiger partial charge in [-0.15, -0.1) is 0 Å². The molecule has 0 N–H and O–H groups in total. The zero-order valence-electron chi connectivity index (χ0n) is 11.2. The molecule has 1 unspecified atom stereocenters. The van der Waals surface area contributed by atoms with Crippen molar-refractivity contribution in [2.45, 2.75) is 38.4 Å².